The van der Waals surface area contributed by atoms with Gasteiger partial charge in [-0.15, -0.1) is 0 Å². The van der Waals surface area contributed by atoms with Gasteiger partial charge in [0.15, 0.2) is 0 Å². The molecule has 0 heterocycles. The molecular weight excluding hydrogens is 269 g/mol. The molecule has 0 aromatic heterocycles. The summed E-state index contributed by atoms with van der Waals surface area (Å²) in [6, 6.07) is 3.24. The predicted molar refractivity (Wildman–Crippen MR) is 55.2 cm³/mol. The Hall–Kier alpha value is 0.256. The van der Waals surface area contributed by atoms with Gasteiger partial charge >= 0.3 is 18.2 Å². The van der Waals surface area contributed by atoms with Crippen LogP contribution in [0.3, 0.4) is 0 Å². The molecule has 0 bridgehead atoms. The highest BCUT2D eigenvalue weighted by atomic mass is 79.9. The molecule has 0 N–H and O–H groups in total. The third kappa shape index (κ3) is 2.64. The topological polar surface area (TPSA) is 0 Å². The summed E-state index contributed by atoms with van der Waals surface area (Å²) in [5, 5.41) is 0. The number of hydrogen-bond donors (Lipinski definition) is 0. The molecule has 14 heavy (non-hydrogen) atoms. The van der Waals surface area contributed by atoms with Crippen molar-refractivity contribution in [3.8, 4) is 0 Å². The number of halogens is 4. The first-order valence-corrected chi connectivity index (χ1v) is 8.74. The van der Waals surface area contributed by atoms with E-state index in [1.807, 2.05) is 0 Å². The third-order valence-corrected chi connectivity index (χ3v) is 4.73. The van der Waals surface area contributed by atoms with Crippen LogP contribution in [0.25, 0.3) is 0 Å². The maximum absolute atomic E-state index is 12.5. The fourth-order valence-corrected chi connectivity index (χ4v) is 2.98. The van der Waals surface area contributed by atoms with Crippen molar-refractivity contribution < 1.29 is 13.2 Å². The van der Waals surface area contributed by atoms with E-state index in [2.05, 4.69) is 12.9 Å². The summed E-state index contributed by atoms with van der Waals surface area (Å²) >= 11 is 2.69. The lowest BCUT2D eigenvalue weighted by Gasteiger charge is -2.10. The molecule has 1 rings (SSSR count). The van der Waals surface area contributed by atoms with E-state index >= 15 is 0 Å². The SMILES string of the molecule is FCc1c[c]([Mg][Br])cc(CF)c1CF. The van der Waals surface area contributed by atoms with Crippen LogP contribution in [0.5, 0.6) is 0 Å². The van der Waals surface area contributed by atoms with E-state index in [-0.39, 0.29) is 16.7 Å². The maximum atomic E-state index is 12.5. The number of benzene rings is 1. The van der Waals surface area contributed by atoms with Crippen LogP contribution in [0.15, 0.2) is 12.1 Å². The Kier molecular flexibility index (Phi) is 5.26. The Morgan fingerprint density at radius 1 is 1.00 bits per heavy atom. The lowest BCUT2D eigenvalue weighted by atomic mass is 10.0. The van der Waals surface area contributed by atoms with Crippen LogP contribution < -0.4 is 3.69 Å². The summed E-state index contributed by atoms with van der Waals surface area (Å²) < 4.78 is 38.5. The largest absolute Gasteiger partial charge is 0.506 e. The molecule has 1 aromatic carbocycles. The standard InChI is InChI=1S/C9H8F3.BrH.Mg/c10-4-7-2-1-3-8(5-11)9(7)6-12;;/h2-3H,4-6H2;1H;/q;;+1/p-1. The van der Waals surface area contributed by atoms with Gasteiger partial charge in [-0.2, -0.15) is 3.69 Å². The van der Waals surface area contributed by atoms with Crippen LogP contribution in [0.4, 0.5) is 13.2 Å². The highest BCUT2D eigenvalue weighted by Gasteiger charge is 2.10. The van der Waals surface area contributed by atoms with E-state index in [0.717, 1.165) is 3.69 Å². The molecule has 0 fully saturated rings. The van der Waals surface area contributed by atoms with E-state index in [4.69, 9.17) is 0 Å². The second-order valence-electron chi connectivity index (χ2n) is 2.93. The smallest absolute Gasteiger partial charge is 0.296 e. The van der Waals surface area contributed by atoms with Gasteiger partial charge in [0.2, 0.25) is 0 Å². The summed E-state index contributed by atoms with van der Waals surface area (Å²) in [5.74, 6) is 0. The molecule has 0 aliphatic rings. The van der Waals surface area contributed by atoms with Gasteiger partial charge in [0.05, 0.1) is 0 Å². The van der Waals surface area contributed by atoms with Gasteiger partial charge in [-0.25, -0.2) is 13.2 Å². The lowest BCUT2D eigenvalue weighted by Crippen LogP contribution is -2.13. The molecule has 0 aliphatic heterocycles. The second kappa shape index (κ2) is 5.97. The number of hydrogen-bond acceptors (Lipinski definition) is 0. The summed E-state index contributed by atoms with van der Waals surface area (Å²) in [4.78, 5) is 0. The van der Waals surface area contributed by atoms with Gasteiger partial charge in [-0.1, -0.05) is 12.1 Å². The highest BCUT2D eigenvalue weighted by molar-refractivity contribution is 9.23. The van der Waals surface area contributed by atoms with Crippen molar-refractivity contribution >= 4 is 34.8 Å². The molecular formula is C9H8BrF3Mg. The molecule has 0 spiro atoms. The Morgan fingerprint density at radius 2 is 1.50 bits per heavy atom. The quantitative estimate of drug-likeness (QED) is 0.742. The second-order valence-corrected chi connectivity index (χ2v) is 5.69. The monoisotopic (exact) mass is 276 g/mol. The van der Waals surface area contributed by atoms with Crippen molar-refractivity contribution in [1.82, 2.24) is 0 Å². The summed E-state index contributed by atoms with van der Waals surface area (Å²) in [5.41, 5.74) is 0.739. The van der Waals surface area contributed by atoms with Crippen molar-refractivity contribution in [3.05, 3.63) is 28.8 Å². The van der Waals surface area contributed by atoms with Crippen molar-refractivity contribution in [2.75, 3.05) is 0 Å². The van der Waals surface area contributed by atoms with Crippen LogP contribution in [-0.2, 0) is 20.0 Å². The van der Waals surface area contributed by atoms with Gasteiger partial charge in [0, 0.05) is 0 Å². The first kappa shape index (κ1) is 12.3. The molecule has 0 unspecified atom stereocenters. The van der Waals surface area contributed by atoms with E-state index in [0.29, 0.717) is 0 Å². The van der Waals surface area contributed by atoms with Crippen molar-refractivity contribution in [3.63, 3.8) is 0 Å². The van der Waals surface area contributed by atoms with Crippen molar-refractivity contribution in [2.24, 2.45) is 0 Å². The minimum absolute atomic E-state index is 0.175. The first-order chi connectivity index (χ1) is 6.76. The summed E-state index contributed by atoms with van der Waals surface area (Å²) in [7, 11) is 0. The minimum atomic E-state index is -0.803. The van der Waals surface area contributed by atoms with E-state index in [1.54, 1.807) is 12.1 Å². The zero-order chi connectivity index (χ0) is 10.6. The predicted octanol–water partition coefficient (Wildman–Crippen LogP) is 2.73. The van der Waals surface area contributed by atoms with Crippen LogP contribution in [0.1, 0.15) is 16.7 Å². The van der Waals surface area contributed by atoms with Gasteiger partial charge in [-0.3, -0.25) is 12.9 Å². The minimum Gasteiger partial charge on any atom is -0.296 e. The average molecular weight is 277 g/mol. The molecule has 0 amide bonds. The van der Waals surface area contributed by atoms with Gasteiger partial charge < -0.3 is 0 Å². The Morgan fingerprint density at radius 3 is 1.79 bits per heavy atom. The zero-order valence-corrected chi connectivity index (χ0v) is 10.5. The molecule has 0 aliphatic carbocycles. The first-order valence-electron chi connectivity index (χ1n) is 4.14. The fraction of sp³-hybridized carbons (Fsp3) is 0.333. The van der Waals surface area contributed by atoms with Gasteiger partial charge in [-0.05, 0) is 16.7 Å². The van der Waals surface area contributed by atoms with Gasteiger partial charge in [0.25, 0.3) is 0 Å². The van der Waals surface area contributed by atoms with E-state index < -0.39 is 38.2 Å². The average Bonchev–Trinajstić information content (AvgIpc) is 2.26. The molecule has 0 saturated carbocycles. The Bertz CT molecular complexity index is 292. The molecule has 0 radical (unpaired) electrons. The number of rotatable bonds is 4. The Balaban J connectivity index is 3.24. The Labute approximate surface area is 96.5 Å². The maximum Gasteiger partial charge on any atom is 0.506 e. The molecule has 74 valence electrons. The van der Waals surface area contributed by atoms with Crippen molar-refractivity contribution in [1.29, 1.82) is 0 Å². The number of alkyl halides is 3. The highest BCUT2D eigenvalue weighted by Crippen LogP contribution is 2.17. The van der Waals surface area contributed by atoms with Crippen LogP contribution >= 0.6 is 12.9 Å². The molecule has 5 heteroatoms. The van der Waals surface area contributed by atoms with E-state index in [9.17, 15) is 13.2 Å². The van der Waals surface area contributed by atoms with Gasteiger partial charge in [0.1, 0.15) is 20.0 Å². The van der Waals surface area contributed by atoms with Crippen LogP contribution in [0, 0.1) is 0 Å². The van der Waals surface area contributed by atoms with E-state index in [1.165, 1.54) is 0 Å². The molecule has 0 atom stereocenters. The van der Waals surface area contributed by atoms with Crippen molar-refractivity contribution in [2.45, 2.75) is 20.0 Å². The summed E-state index contributed by atoms with van der Waals surface area (Å²) in [6.45, 7) is -2.27. The van der Waals surface area contributed by atoms with Crippen LogP contribution in [-0.4, -0.2) is 18.2 Å². The van der Waals surface area contributed by atoms with Crippen LogP contribution in [0.2, 0.25) is 0 Å². The molecule has 0 nitrogen and oxygen atoms in total. The normalized spacial score (nSPS) is 10.0. The lowest BCUT2D eigenvalue weighted by molar-refractivity contribution is 0.437. The fourth-order valence-electron chi connectivity index (χ4n) is 1.36. The molecule has 1 aromatic rings. The molecule has 0 saturated heterocycles. The third-order valence-electron chi connectivity index (χ3n) is 2.07. The zero-order valence-electron chi connectivity index (χ0n) is 7.49. The summed E-state index contributed by atoms with van der Waals surface area (Å²) in [6.07, 6.45) is 0.